The van der Waals surface area contributed by atoms with E-state index in [2.05, 4.69) is 31.9 Å². The average molecular weight is 381 g/mol. The third-order valence-electron chi connectivity index (χ3n) is 4.42. The molecule has 1 aliphatic heterocycles. The van der Waals surface area contributed by atoms with E-state index < -0.39 is 5.82 Å². The lowest BCUT2D eigenvalue weighted by atomic mass is 10.1. The first-order valence-corrected chi connectivity index (χ1v) is 8.54. The summed E-state index contributed by atoms with van der Waals surface area (Å²) >= 11 is 3.21. The van der Waals surface area contributed by atoms with Gasteiger partial charge in [0, 0.05) is 30.6 Å². The summed E-state index contributed by atoms with van der Waals surface area (Å²) in [7, 11) is 2.03. The maximum atomic E-state index is 13.8. The number of aromatic nitrogens is 1. The molecule has 1 aliphatic rings. The first-order chi connectivity index (χ1) is 11.0. The number of hydrogen-bond donors (Lipinski definition) is 2. The highest BCUT2D eigenvalue weighted by Gasteiger charge is 2.33. The predicted molar refractivity (Wildman–Crippen MR) is 90.8 cm³/mol. The van der Waals surface area contributed by atoms with Crippen molar-refractivity contribution in [3.8, 4) is 0 Å². The zero-order valence-electron chi connectivity index (χ0n) is 13.0. The van der Waals surface area contributed by atoms with E-state index in [9.17, 15) is 9.18 Å². The normalized spacial score (nSPS) is 20.7. The van der Waals surface area contributed by atoms with Gasteiger partial charge in [-0.25, -0.2) is 4.39 Å². The number of amides is 1. The predicted octanol–water partition coefficient (Wildman–Crippen LogP) is 2.29. The van der Waals surface area contributed by atoms with Gasteiger partial charge >= 0.3 is 0 Å². The van der Waals surface area contributed by atoms with Gasteiger partial charge in [0.15, 0.2) is 6.54 Å². The molecule has 1 unspecified atom stereocenters. The van der Waals surface area contributed by atoms with Gasteiger partial charge in [0.2, 0.25) is 0 Å². The molecule has 3 rings (SSSR count). The van der Waals surface area contributed by atoms with E-state index in [0.29, 0.717) is 17.1 Å². The number of halogens is 2. The molecule has 2 atom stereocenters. The number of rotatable bonds is 4. The third kappa shape index (κ3) is 3.64. The Hall–Kier alpha value is -1.66. The van der Waals surface area contributed by atoms with Crippen molar-refractivity contribution < 1.29 is 14.1 Å². The van der Waals surface area contributed by atoms with E-state index in [4.69, 9.17) is 0 Å². The van der Waals surface area contributed by atoms with E-state index in [1.54, 1.807) is 12.1 Å². The minimum atomic E-state index is -0.428. The SMILES string of the molecule is Cn1cccc1[C@H]1CCC[NH+]1CC(=O)Nc1ccc(Br)cc1F. The Morgan fingerprint density at radius 1 is 1.48 bits per heavy atom. The molecule has 1 saturated heterocycles. The van der Waals surface area contributed by atoms with Crippen LogP contribution in [-0.2, 0) is 11.8 Å². The van der Waals surface area contributed by atoms with Gasteiger partial charge in [-0.15, -0.1) is 0 Å². The van der Waals surface area contributed by atoms with E-state index in [1.165, 1.54) is 16.7 Å². The van der Waals surface area contributed by atoms with Crippen LogP contribution in [0.2, 0.25) is 0 Å². The Kier molecular flexibility index (Phi) is 4.82. The Bertz CT molecular complexity index is 716. The van der Waals surface area contributed by atoms with Crippen LogP contribution >= 0.6 is 15.9 Å². The Morgan fingerprint density at radius 2 is 2.30 bits per heavy atom. The third-order valence-corrected chi connectivity index (χ3v) is 4.91. The number of likely N-dealkylation sites (tertiary alicyclic amines) is 1. The number of carbonyl (C=O) groups excluding carboxylic acids is 1. The number of nitrogens with zero attached hydrogens (tertiary/aromatic N) is 1. The summed E-state index contributed by atoms with van der Waals surface area (Å²) in [4.78, 5) is 13.5. The highest BCUT2D eigenvalue weighted by Crippen LogP contribution is 2.20. The number of aryl methyl sites for hydroxylation is 1. The van der Waals surface area contributed by atoms with Crippen molar-refractivity contribution in [3.63, 3.8) is 0 Å². The Morgan fingerprint density at radius 3 is 3.00 bits per heavy atom. The standard InChI is InChI=1S/C17H19BrFN3O/c1-21-8-2-4-15(21)16-5-3-9-22(16)11-17(23)20-14-7-6-12(18)10-13(14)19/h2,4,6-8,10,16H,3,5,9,11H2,1H3,(H,20,23)/p+1/t16-/m1/s1. The van der Waals surface area contributed by atoms with Crippen molar-refractivity contribution in [2.24, 2.45) is 7.05 Å². The minimum absolute atomic E-state index is 0.151. The quantitative estimate of drug-likeness (QED) is 0.838. The second kappa shape index (κ2) is 6.84. The summed E-state index contributed by atoms with van der Waals surface area (Å²) in [5.74, 6) is -0.578. The Balaban J connectivity index is 1.66. The Labute approximate surface area is 143 Å². The van der Waals surface area contributed by atoms with Crippen LogP contribution < -0.4 is 10.2 Å². The van der Waals surface area contributed by atoms with Crippen LogP contribution in [0.4, 0.5) is 10.1 Å². The first kappa shape index (κ1) is 16.2. The molecule has 1 aromatic carbocycles. The van der Waals surface area contributed by atoms with Gasteiger partial charge in [0.1, 0.15) is 11.9 Å². The molecular weight excluding hydrogens is 361 g/mol. The molecule has 0 bridgehead atoms. The van der Waals surface area contributed by atoms with E-state index in [-0.39, 0.29) is 11.6 Å². The molecule has 0 saturated carbocycles. The first-order valence-electron chi connectivity index (χ1n) is 7.75. The molecule has 1 amide bonds. The largest absolute Gasteiger partial charge is 0.350 e. The fourth-order valence-electron chi connectivity index (χ4n) is 3.31. The zero-order chi connectivity index (χ0) is 16.4. The molecular formula is C17H20BrFN3O+. The number of hydrogen-bond acceptors (Lipinski definition) is 1. The van der Waals surface area contributed by atoms with E-state index in [0.717, 1.165) is 19.4 Å². The summed E-state index contributed by atoms with van der Waals surface area (Å²) in [6.45, 7) is 1.32. The van der Waals surface area contributed by atoms with Gasteiger partial charge in [0.05, 0.1) is 17.9 Å². The minimum Gasteiger partial charge on any atom is -0.350 e. The van der Waals surface area contributed by atoms with Crippen LogP contribution in [0.15, 0.2) is 41.0 Å². The summed E-state index contributed by atoms with van der Waals surface area (Å²) in [5.41, 5.74) is 1.48. The topological polar surface area (TPSA) is 38.5 Å². The van der Waals surface area contributed by atoms with E-state index in [1.807, 2.05) is 19.3 Å². The molecule has 122 valence electrons. The average Bonchev–Trinajstić information content (AvgIpc) is 3.10. The van der Waals surface area contributed by atoms with Crippen LogP contribution in [0.3, 0.4) is 0 Å². The molecule has 2 aromatic rings. The summed E-state index contributed by atoms with van der Waals surface area (Å²) in [6, 6.07) is 9.12. The molecule has 0 spiro atoms. The van der Waals surface area contributed by atoms with Crippen molar-refractivity contribution >= 4 is 27.5 Å². The van der Waals surface area contributed by atoms with Crippen molar-refractivity contribution in [1.82, 2.24) is 4.57 Å². The maximum Gasteiger partial charge on any atom is 0.279 e. The molecule has 4 nitrogen and oxygen atoms in total. The van der Waals surface area contributed by atoms with Crippen molar-refractivity contribution in [2.45, 2.75) is 18.9 Å². The van der Waals surface area contributed by atoms with Crippen LogP contribution in [0.5, 0.6) is 0 Å². The van der Waals surface area contributed by atoms with Gasteiger partial charge < -0.3 is 14.8 Å². The summed E-state index contributed by atoms with van der Waals surface area (Å²) in [5, 5.41) is 2.68. The lowest BCUT2D eigenvalue weighted by molar-refractivity contribution is -0.910. The van der Waals surface area contributed by atoms with E-state index >= 15 is 0 Å². The lowest BCUT2D eigenvalue weighted by Crippen LogP contribution is -3.11. The number of benzene rings is 1. The van der Waals surface area contributed by atoms with Crippen LogP contribution in [-0.4, -0.2) is 23.6 Å². The van der Waals surface area contributed by atoms with Gasteiger partial charge in [-0.2, -0.15) is 0 Å². The van der Waals surface area contributed by atoms with Gasteiger partial charge in [-0.1, -0.05) is 15.9 Å². The highest BCUT2D eigenvalue weighted by atomic mass is 79.9. The molecule has 1 aromatic heterocycles. The second-order valence-electron chi connectivity index (χ2n) is 6.00. The zero-order valence-corrected chi connectivity index (χ0v) is 14.6. The number of quaternary nitrogens is 1. The fourth-order valence-corrected chi connectivity index (χ4v) is 3.64. The summed E-state index contributed by atoms with van der Waals surface area (Å²) in [6.07, 6.45) is 4.21. The van der Waals surface area contributed by atoms with Gasteiger partial charge in [-0.05, 0) is 30.3 Å². The highest BCUT2D eigenvalue weighted by molar-refractivity contribution is 9.10. The molecule has 2 heterocycles. The number of nitrogens with one attached hydrogen (secondary N) is 2. The molecule has 6 heteroatoms. The van der Waals surface area contributed by atoms with Gasteiger partial charge in [-0.3, -0.25) is 4.79 Å². The second-order valence-corrected chi connectivity index (χ2v) is 6.91. The van der Waals surface area contributed by atoms with Crippen LogP contribution in [0, 0.1) is 5.82 Å². The maximum absolute atomic E-state index is 13.8. The smallest absolute Gasteiger partial charge is 0.279 e. The number of anilines is 1. The molecule has 0 aliphatic carbocycles. The van der Waals surface area contributed by atoms with Gasteiger partial charge in [0.25, 0.3) is 5.91 Å². The van der Waals surface area contributed by atoms with Crippen molar-refractivity contribution in [2.75, 3.05) is 18.4 Å². The van der Waals surface area contributed by atoms with Crippen molar-refractivity contribution in [3.05, 3.63) is 52.5 Å². The molecule has 1 fully saturated rings. The molecule has 0 radical (unpaired) electrons. The summed E-state index contributed by atoms with van der Waals surface area (Å²) < 4.78 is 16.6. The molecule has 2 N–H and O–H groups in total. The number of carbonyl (C=O) groups is 1. The lowest BCUT2D eigenvalue weighted by Gasteiger charge is -2.21. The monoisotopic (exact) mass is 380 g/mol. The van der Waals surface area contributed by atoms with Crippen LogP contribution in [0.25, 0.3) is 0 Å². The van der Waals surface area contributed by atoms with Crippen molar-refractivity contribution in [1.29, 1.82) is 0 Å². The van der Waals surface area contributed by atoms with Crippen LogP contribution in [0.1, 0.15) is 24.6 Å². The fraction of sp³-hybridized carbons (Fsp3) is 0.353. The molecule has 23 heavy (non-hydrogen) atoms.